The molecule has 0 atom stereocenters. The Kier molecular flexibility index (Phi) is 2.59. The summed E-state index contributed by atoms with van der Waals surface area (Å²) in [7, 11) is 0. The van der Waals surface area contributed by atoms with Gasteiger partial charge in [-0.2, -0.15) is 0 Å². The first kappa shape index (κ1) is 9.71. The van der Waals surface area contributed by atoms with E-state index in [-0.39, 0.29) is 5.78 Å². The average molecular weight is 196 g/mol. The highest BCUT2D eigenvalue weighted by Gasteiger charge is 2.48. The second kappa shape index (κ2) is 3.73. The monoisotopic (exact) mass is 196 g/mol. The van der Waals surface area contributed by atoms with E-state index < -0.39 is 5.60 Å². The van der Waals surface area contributed by atoms with Crippen LogP contribution in [0, 0.1) is 0 Å². The lowest BCUT2D eigenvalue weighted by Gasteiger charge is -2.18. The quantitative estimate of drug-likeness (QED) is 0.499. The lowest BCUT2D eigenvalue weighted by atomic mass is 9.95. The highest BCUT2D eigenvalue weighted by atomic mass is 16.5. The van der Waals surface area contributed by atoms with Crippen LogP contribution in [0.1, 0.15) is 32.6 Å². The Hall–Kier alpha value is -0.830. The zero-order chi connectivity index (χ0) is 10.0. The molecule has 1 aliphatic carbocycles. The third kappa shape index (κ3) is 1.46. The minimum Gasteiger partial charge on any atom is -0.501 e. The summed E-state index contributed by atoms with van der Waals surface area (Å²) in [6.45, 7) is 2.94. The number of carbonyl (C=O) groups is 1. The molecule has 0 unspecified atom stereocenters. The Bertz CT molecular complexity index is 262. The molecule has 1 saturated carbocycles. The first-order valence-corrected chi connectivity index (χ1v) is 5.28. The Morgan fingerprint density at radius 3 is 2.86 bits per heavy atom. The van der Waals surface area contributed by atoms with E-state index in [0.29, 0.717) is 18.8 Å². The zero-order valence-electron chi connectivity index (χ0n) is 8.54. The largest absolute Gasteiger partial charge is 0.501 e. The first-order valence-electron chi connectivity index (χ1n) is 5.28. The van der Waals surface area contributed by atoms with Crippen LogP contribution < -0.4 is 0 Å². The lowest BCUT2D eigenvalue weighted by molar-refractivity contribution is -0.129. The van der Waals surface area contributed by atoms with E-state index in [1.165, 1.54) is 0 Å². The molecule has 1 saturated heterocycles. The van der Waals surface area contributed by atoms with Crippen molar-refractivity contribution in [3.63, 3.8) is 0 Å². The van der Waals surface area contributed by atoms with Crippen LogP contribution in [-0.2, 0) is 14.3 Å². The van der Waals surface area contributed by atoms with Crippen LogP contribution in [0.2, 0.25) is 0 Å². The Balaban J connectivity index is 2.10. The fourth-order valence-corrected chi connectivity index (χ4v) is 2.23. The van der Waals surface area contributed by atoms with Crippen molar-refractivity contribution in [1.29, 1.82) is 0 Å². The van der Waals surface area contributed by atoms with Crippen molar-refractivity contribution >= 4 is 5.78 Å². The minimum absolute atomic E-state index is 0.156. The van der Waals surface area contributed by atoms with Crippen LogP contribution in [0.4, 0.5) is 0 Å². The smallest absolute Gasteiger partial charge is 0.196 e. The molecule has 2 fully saturated rings. The number of carbonyl (C=O) groups excluding carboxylic acids is 1. The van der Waals surface area contributed by atoms with Crippen molar-refractivity contribution in [2.75, 3.05) is 13.2 Å². The lowest BCUT2D eigenvalue weighted by Crippen LogP contribution is -2.32. The van der Waals surface area contributed by atoms with Gasteiger partial charge in [0.05, 0.1) is 25.0 Å². The molecule has 0 radical (unpaired) electrons. The minimum atomic E-state index is -0.469. The van der Waals surface area contributed by atoms with Crippen molar-refractivity contribution < 1.29 is 14.3 Å². The Labute approximate surface area is 84.1 Å². The summed E-state index contributed by atoms with van der Waals surface area (Å²) in [5, 5.41) is 0. The van der Waals surface area contributed by atoms with Gasteiger partial charge in [0, 0.05) is 0 Å². The first-order chi connectivity index (χ1) is 6.78. The fourth-order valence-electron chi connectivity index (χ4n) is 2.23. The molecule has 3 nitrogen and oxygen atoms in total. The van der Waals surface area contributed by atoms with Crippen LogP contribution in [0.5, 0.6) is 0 Å². The molecule has 3 heteroatoms. The molecule has 0 aromatic rings. The molecule has 1 spiro atoms. The summed E-state index contributed by atoms with van der Waals surface area (Å²) in [6.07, 6.45) is 5.54. The number of hydrogen-bond donors (Lipinski definition) is 0. The molecule has 0 bridgehead atoms. The molecule has 1 aliphatic heterocycles. The summed E-state index contributed by atoms with van der Waals surface area (Å²) < 4.78 is 10.8. The van der Waals surface area contributed by atoms with E-state index in [4.69, 9.17) is 9.47 Å². The van der Waals surface area contributed by atoms with Gasteiger partial charge < -0.3 is 9.47 Å². The summed E-state index contributed by atoms with van der Waals surface area (Å²) in [4.78, 5) is 12.0. The predicted octanol–water partition coefficient (Wildman–Crippen LogP) is 1.82. The van der Waals surface area contributed by atoms with Crippen LogP contribution in [0.25, 0.3) is 0 Å². The van der Waals surface area contributed by atoms with E-state index in [1.54, 1.807) is 6.26 Å². The maximum atomic E-state index is 12.0. The molecule has 2 rings (SSSR count). The second-order valence-electron chi connectivity index (χ2n) is 3.92. The van der Waals surface area contributed by atoms with E-state index in [0.717, 1.165) is 25.7 Å². The van der Waals surface area contributed by atoms with Crippen LogP contribution in [0.15, 0.2) is 11.8 Å². The van der Waals surface area contributed by atoms with Gasteiger partial charge in [0.25, 0.3) is 0 Å². The third-order valence-corrected chi connectivity index (χ3v) is 3.01. The highest BCUT2D eigenvalue weighted by Crippen LogP contribution is 2.40. The highest BCUT2D eigenvalue weighted by molar-refractivity contribution is 6.03. The maximum absolute atomic E-state index is 12.0. The van der Waals surface area contributed by atoms with Gasteiger partial charge in [-0.05, 0) is 32.6 Å². The topological polar surface area (TPSA) is 35.5 Å². The maximum Gasteiger partial charge on any atom is 0.196 e. The van der Waals surface area contributed by atoms with E-state index in [1.807, 2.05) is 6.92 Å². The normalized spacial score (nSPS) is 27.8. The van der Waals surface area contributed by atoms with Crippen molar-refractivity contribution in [1.82, 2.24) is 0 Å². The molecule has 1 heterocycles. The summed E-state index contributed by atoms with van der Waals surface area (Å²) in [5.74, 6) is 0.156. The van der Waals surface area contributed by atoms with Crippen LogP contribution in [0.3, 0.4) is 0 Å². The van der Waals surface area contributed by atoms with Gasteiger partial charge in [0.15, 0.2) is 5.78 Å². The van der Waals surface area contributed by atoms with Crippen molar-refractivity contribution in [3.05, 3.63) is 11.8 Å². The predicted molar refractivity (Wildman–Crippen MR) is 51.9 cm³/mol. The standard InChI is InChI=1S/C11H16O3/c1-2-13-7-9-8-14-11(10(9)12)5-3-4-6-11/h7H,2-6,8H2,1H3/b9-7-. The molecular weight excluding hydrogens is 180 g/mol. The van der Waals surface area contributed by atoms with Crippen LogP contribution in [-0.4, -0.2) is 24.6 Å². The Morgan fingerprint density at radius 1 is 1.50 bits per heavy atom. The third-order valence-electron chi connectivity index (χ3n) is 3.01. The average Bonchev–Trinajstić information content (AvgIpc) is 2.77. The molecule has 78 valence electrons. The number of ether oxygens (including phenoxy) is 2. The number of ketones is 1. The molecule has 14 heavy (non-hydrogen) atoms. The van der Waals surface area contributed by atoms with E-state index >= 15 is 0 Å². The van der Waals surface area contributed by atoms with Gasteiger partial charge in [0.2, 0.25) is 0 Å². The van der Waals surface area contributed by atoms with Gasteiger partial charge in [-0.25, -0.2) is 0 Å². The number of rotatable bonds is 2. The Morgan fingerprint density at radius 2 is 2.21 bits per heavy atom. The van der Waals surface area contributed by atoms with Gasteiger partial charge in [-0.1, -0.05) is 0 Å². The second-order valence-corrected chi connectivity index (χ2v) is 3.92. The molecule has 0 aromatic heterocycles. The van der Waals surface area contributed by atoms with E-state index in [9.17, 15) is 4.79 Å². The number of Topliss-reactive ketones (excluding diaryl/α,β-unsaturated/α-hetero) is 1. The number of hydrogen-bond acceptors (Lipinski definition) is 3. The van der Waals surface area contributed by atoms with Gasteiger partial charge in [0.1, 0.15) is 5.60 Å². The van der Waals surface area contributed by atoms with E-state index in [2.05, 4.69) is 0 Å². The van der Waals surface area contributed by atoms with Gasteiger partial charge in [-0.15, -0.1) is 0 Å². The fraction of sp³-hybridized carbons (Fsp3) is 0.727. The summed E-state index contributed by atoms with van der Waals surface area (Å²) in [6, 6.07) is 0. The summed E-state index contributed by atoms with van der Waals surface area (Å²) in [5.41, 5.74) is 0.233. The van der Waals surface area contributed by atoms with Gasteiger partial charge >= 0.3 is 0 Å². The molecule has 0 N–H and O–H groups in total. The zero-order valence-corrected chi connectivity index (χ0v) is 8.54. The SMILES string of the molecule is CCO/C=C1/COC2(CCCC2)C1=O. The molecular formula is C11H16O3. The van der Waals surface area contributed by atoms with Crippen molar-refractivity contribution in [2.24, 2.45) is 0 Å². The van der Waals surface area contributed by atoms with Crippen molar-refractivity contribution in [2.45, 2.75) is 38.2 Å². The van der Waals surface area contributed by atoms with Crippen molar-refractivity contribution in [3.8, 4) is 0 Å². The molecule has 0 aromatic carbocycles. The van der Waals surface area contributed by atoms with Crippen LogP contribution >= 0.6 is 0 Å². The molecule has 2 aliphatic rings. The van der Waals surface area contributed by atoms with Gasteiger partial charge in [-0.3, -0.25) is 4.79 Å². The summed E-state index contributed by atoms with van der Waals surface area (Å²) >= 11 is 0. The molecule has 0 amide bonds.